The van der Waals surface area contributed by atoms with Crippen molar-refractivity contribution in [3.05, 3.63) is 59.7 Å². The summed E-state index contributed by atoms with van der Waals surface area (Å²) in [5, 5.41) is 2.52. The summed E-state index contributed by atoms with van der Waals surface area (Å²) in [6.45, 7) is 1.06. The number of carbonyl (C=O) groups excluding carboxylic acids is 3. The van der Waals surface area contributed by atoms with E-state index in [1.807, 2.05) is 6.07 Å². The van der Waals surface area contributed by atoms with Crippen molar-refractivity contribution in [2.45, 2.75) is 18.9 Å². The summed E-state index contributed by atoms with van der Waals surface area (Å²) in [4.78, 5) is 39.4. The van der Waals surface area contributed by atoms with Gasteiger partial charge in [0, 0.05) is 24.2 Å². The minimum Gasteiger partial charge on any atom is -0.454 e. The minimum atomic E-state index is -1.03. The summed E-state index contributed by atoms with van der Waals surface area (Å²) in [5.41, 5.74) is 0.935. The third kappa shape index (κ3) is 4.37. The Labute approximate surface area is 173 Å². The Hall–Kier alpha value is -3.55. The van der Waals surface area contributed by atoms with Crippen molar-refractivity contribution in [1.29, 1.82) is 0 Å². The van der Waals surface area contributed by atoms with Crippen LogP contribution in [0.4, 0.5) is 0 Å². The van der Waals surface area contributed by atoms with Gasteiger partial charge < -0.3 is 24.4 Å². The van der Waals surface area contributed by atoms with Gasteiger partial charge in [0.25, 0.3) is 11.8 Å². The highest BCUT2D eigenvalue weighted by molar-refractivity contribution is 5.96. The molecule has 2 aliphatic rings. The molecule has 0 aromatic heterocycles. The van der Waals surface area contributed by atoms with Crippen LogP contribution in [-0.4, -0.2) is 49.1 Å². The predicted molar refractivity (Wildman–Crippen MR) is 106 cm³/mol. The van der Waals surface area contributed by atoms with Crippen LogP contribution in [0.3, 0.4) is 0 Å². The molecule has 2 aromatic rings. The number of nitrogens with zero attached hydrogens (tertiary/aromatic N) is 1. The second-order valence-corrected chi connectivity index (χ2v) is 7.06. The SMILES string of the molecule is O=C(CNC(=O)c1ccc2c(c1)OCO2)O[C@@H](C(=O)N1CCCC1)c1ccccc1. The lowest BCUT2D eigenvalue weighted by atomic mass is 10.1. The first-order chi connectivity index (χ1) is 14.6. The molecule has 8 nitrogen and oxygen atoms in total. The predicted octanol–water partition coefficient (Wildman–Crippen LogP) is 2.05. The average Bonchev–Trinajstić information content (AvgIpc) is 3.47. The normalized spacial score (nSPS) is 15.5. The highest BCUT2D eigenvalue weighted by Crippen LogP contribution is 2.32. The van der Waals surface area contributed by atoms with Crippen molar-refractivity contribution in [3.8, 4) is 11.5 Å². The first kappa shape index (κ1) is 19.8. The topological polar surface area (TPSA) is 94.2 Å². The maximum Gasteiger partial charge on any atom is 0.326 e. The van der Waals surface area contributed by atoms with Crippen molar-refractivity contribution in [1.82, 2.24) is 10.2 Å². The van der Waals surface area contributed by atoms with E-state index in [4.69, 9.17) is 14.2 Å². The van der Waals surface area contributed by atoms with Crippen molar-refractivity contribution in [2.24, 2.45) is 0 Å². The van der Waals surface area contributed by atoms with E-state index in [9.17, 15) is 14.4 Å². The number of fused-ring (bicyclic) bond motifs is 1. The fourth-order valence-electron chi connectivity index (χ4n) is 3.46. The number of amides is 2. The van der Waals surface area contributed by atoms with Gasteiger partial charge in [0.1, 0.15) is 6.54 Å². The largest absolute Gasteiger partial charge is 0.454 e. The summed E-state index contributed by atoms with van der Waals surface area (Å²) in [5.74, 6) is -0.338. The van der Waals surface area contributed by atoms with Gasteiger partial charge in [-0.25, -0.2) is 0 Å². The van der Waals surface area contributed by atoms with Crippen LogP contribution in [0.15, 0.2) is 48.5 Å². The van der Waals surface area contributed by atoms with Crippen LogP contribution in [0.2, 0.25) is 0 Å². The van der Waals surface area contributed by atoms with Gasteiger partial charge in [-0.05, 0) is 31.0 Å². The number of esters is 1. The van der Waals surface area contributed by atoms with E-state index in [-0.39, 0.29) is 19.2 Å². The number of nitrogens with one attached hydrogen (secondary N) is 1. The van der Waals surface area contributed by atoms with Gasteiger partial charge >= 0.3 is 5.97 Å². The number of rotatable bonds is 6. The molecular formula is C22H22N2O6. The third-order valence-corrected chi connectivity index (χ3v) is 5.02. The van der Waals surface area contributed by atoms with Crippen LogP contribution < -0.4 is 14.8 Å². The molecule has 2 aromatic carbocycles. The zero-order valence-electron chi connectivity index (χ0n) is 16.3. The molecule has 8 heteroatoms. The number of carbonyl (C=O) groups is 3. The van der Waals surface area contributed by atoms with E-state index < -0.39 is 18.0 Å². The molecule has 1 N–H and O–H groups in total. The molecule has 1 atom stereocenters. The second-order valence-electron chi connectivity index (χ2n) is 7.06. The molecule has 0 saturated carbocycles. The number of likely N-dealkylation sites (tertiary alicyclic amines) is 1. The molecule has 4 rings (SSSR count). The van der Waals surface area contributed by atoms with Gasteiger partial charge in [-0.15, -0.1) is 0 Å². The second kappa shape index (κ2) is 8.86. The van der Waals surface area contributed by atoms with E-state index in [0.717, 1.165) is 12.8 Å². The summed E-state index contributed by atoms with van der Waals surface area (Å²) in [6.07, 6.45) is 0.846. The molecule has 0 spiro atoms. The molecular weight excluding hydrogens is 388 g/mol. The van der Waals surface area contributed by atoms with Crippen LogP contribution in [0.25, 0.3) is 0 Å². The number of benzene rings is 2. The van der Waals surface area contributed by atoms with Gasteiger partial charge in [-0.2, -0.15) is 0 Å². The highest BCUT2D eigenvalue weighted by atomic mass is 16.7. The fraction of sp³-hybridized carbons (Fsp3) is 0.318. The standard InChI is InChI=1S/C22H22N2O6/c25-19(13-23-21(26)16-8-9-17-18(12-16)29-14-28-17)30-20(15-6-2-1-3-7-15)22(27)24-10-4-5-11-24/h1-3,6-9,12,20H,4-5,10-11,13-14H2,(H,23,26)/t20-/m1/s1. The van der Waals surface area contributed by atoms with Crippen LogP contribution >= 0.6 is 0 Å². The lowest BCUT2D eigenvalue weighted by molar-refractivity contribution is -0.159. The first-order valence-electron chi connectivity index (χ1n) is 9.83. The Bertz CT molecular complexity index is 940. The number of hydrogen-bond acceptors (Lipinski definition) is 6. The fourth-order valence-corrected chi connectivity index (χ4v) is 3.46. The summed E-state index contributed by atoms with van der Waals surface area (Å²) < 4.78 is 16.0. The van der Waals surface area contributed by atoms with E-state index in [2.05, 4.69) is 5.32 Å². The third-order valence-electron chi connectivity index (χ3n) is 5.02. The summed E-state index contributed by atoms with van der Waals surface area (Å²) >= 11 is 0. The smallest absolute Gasteiger partial charge is 0.326 e. The maximum absolute atomic E-state index is 12.9. The van der Waals surface area contributed by atoms with Crippen molar-refractivity contribution < 1.29 is 28.6 Å². The van der Waals surface area contributed by atoms with Gasteiger partial charge in [-0.1, -0.05) is 30.3 Å². The highest BCUT2D eigenvalue weighted by Gasteiger charge is 2.31. The molecule has 156 valence electrons. The summed E-state index contributed by atoms with van der Waals surface area (Å²) in [6, 6.07) is 13.7. The lowest BCUT2D eigenvalue weighted by Gasteiger charge is -2.23. The van der Waals surface area contributed by atoms with E-state index in [1.54, 1.807) is 47.4 Å². The molecule has 0 bridgehead atoms. The van der Waals surface area contributed by atoms with E-state index in [1.165, 1.54) is 0 Å². The monoisotopic (exact) mass is 410 g/mol. The van der Waals surface area contributed by atoms with Gasteiger partial charge in [0.05, 0.1) is 0 Å². The van der Waals surface area contributed by atoms with E-state index >= 15 is 0 Å². The molecule has 2 heterocycles. The minimum absolute atomic E-state index is 0.110. The zero-order valence-corrected chi connectivity index (χ0v) is 16.3. The van der Waals surface area contributed by atoms with Gasteiger partial charge in [-0.3, -0.25) is 14.4 Å². The van der Waals surface area contributed by atoms with Crippen LogP contribution in [-0.2, 0) is 14.3 Å². The average molecular weight is 410 g/mol. The lowest BCUT2D eigenvalue weighted by Crippen LogP contribution is -2.37. The Morgan fingerprint density at radius 3 is 2.50 bits per heavy atom. The van der Waals surface area contributed by atoms with E-state index in [0.29, 0.717) is 35.7 Å². The molecule has 0 unspecified atom stereocenters. The van der Waals surface area contributed by atoms with Gasteiger partial charge in [0.2, 0.25) is 12.9 Å². The van der Waals surface area contributed by atoms with Gasteiger partial charge in [0.15, 0.2) is 11.5 Å². The maximum atomic E-state index is 12.9. The molecule has 2 amide bonds. The quantitative estimate of drug-likeness (QED) is 0.733. The number of ether oxygens (including phenoxy) is 3. The Kier molecular flexibility index (Phi) is 5.83. The molecule has 1 fully saturated rings. The van der Waals surface area contributed by atoms with Crippen molar-refractivity contribution >= 4 is 17.8 Å². The molecule has 1 saturated heterocycles. The Morgan fingerprint density at radius 1 is 1.00 bits per heavy atom. The Morgan fingerprint density at radius 2 is 1.73 bits per heavy atom. The van der Waals surface area contributed by atoms with Crippen molar-refractivity contribution in [3.63, 3.8) is 0 Å². The molecule has 2 aliphatic heterocycles. The van der Waals surface area contributed by atoms with Crippen molar-refractivity contribution in [2.75, 3.05) is 26.4 Å². The number of hydrogen-bond donors (Lipinski definition) is 1. The molecule has 30 heavy (non-hydrogen) atoms. The van der Waals surface area contributed by atoms with Crippen LogP contribution in [0, 0.1) is 0 Å². The Balaban J connectivity index is 1.38. The van der Waals surface area contributed by atoms with Crippen LogP contribution in [0.5, 0.6) is 11.5 Å². The summed E-state index contributed by atoms with van der Waals surface area (Å²) in [7, 11) is 0. The molecule has 0 aliphatic carbocycles. The first-order valence-corrected chi connectivity index (χ1v) is 9.83. The zero-order chi connectivity index (χ0) is 20.9. The molecule has 0 radical (unpaired) electrons. The van der Waals surface area contributed by atoms with Crippen LogP contribution in [0.1, 0.15) is 34.9 Å².